The molecule has 3 rings (SSSR count). The Labute approximate surface area is 135 Å². The zero-order chi connectivity index (χ0) is 16.4. The first-order valence-electron chi connectivity index (χ1n) is 7.40. The van der Waals surface area contributed by atoms with Crippen LogP contribution in [0, 0.1) is 0 Å². The number of rotatable bonds is 4. The first-order chi connectivity index (χ1) is 11.2. The summed E-state index contributed by atoms with van der Waals surface area (Å²) in [6.07, 6.45) is -0.684. The molecule has 0 fully saturated rings. The van der Waals surface area contributed by atoms with Crippen LogP contribution in [0.3, 0.4) is 0 Å². The molecule has 5 heteroatoms. The summed E-state index contributed by atoms with van der Waals surface area (Å²) in [4.78, 5) is 0. The number of ether oxygens (including phenoxy) is 4. The third-order valence-electron chi connectivity index (χ3n) is 4.04. The standard InChI is InChI=1S/C18H20O5/c1-20-12-6-4-5-11(7-12)18-15(19)10-14-16(22-3)8-13(21-2)9-17(14)23-18/h4-9,15,18-19H,10H2,1-3H3/t15-,18+/m0/s1. The van der Waals surface area contributed by atoms with Gasteiger partial charge in [0, 0.05) is 24.1 Å². The molecule has 2 aromatic carbocycles. The maximum atomic E-state index is 10.5. The minimum Gasteiger partial charge on any atom is -0.497 e. The molecule has 1 aliphatic heterocycles. The predicted octanol–water partition coefficient (Wildman–Crippen LogP) is 2.75. The van der Waals surface area contributed by atoms with Crippen molar-refractivity contribution in [2.75, 3.05) is 21.3 Å². The molecular formula is C18H20O5. The summed E-state index contributed by atoms with van der Waals surface area (Å²) in [5.74, 6) is 2.70. The van der Waals surface area contributed by atoms with Crippen molar-refractivity contribution in [1.29, 1.82) is 0 Å². The van der Waals surface area contributed by atoms with Gasteiger partial charge < -0.3 is 24.1 Å². The zero-order valence-electron chi connectivity index (χ0n) is 13.4. The fraction of sp³-hybridized carbons (Fsp3) is 0.333. The summed E-state index contributed by atoms with van der Waals surface area (Å²) in [5, 5.41) is 10.5. The fourth-order valence-electron chi connectivity index (χ4n) is 2.84. The maximum Gasteiger partial charge on any atom is 0.150 e. The largest absolute Gasteiger partial charge is 0.497 e. The Balaban J connectivity index is 1.99. The third kappa shape index (κ3) is 2.92. The van der Waals surface area contributed by atoms with E-state index in [1.807, 2.05) is 30.3 Å². The number of fused-ring (bicyclic) bond motifs is 1. The number of methoxy groups -OCH3 is 3. The van der Waals surface area contributed by atoms with Crippen LogP contribution in [0.2, 0.25) is 0 Å². The molecule has 2 aromatic rings. The van der Waals surface area contributed by atoms with Crippen molar-refractivity contribution in [2.45, 2.75) is 18.6 Å². The van der Waals surface area contributed by atoms with Crippen molar-refractivity contribution < 1.29 is 24.1 Å². The lowest BCUT2D eigenvalue weighted by Crippen LogP contribution is -2.30. The van der Waals surface area contributed by atoms with E-state index in [1.165, 1.54) is 0 Å². The maximum absolute atomic E-state index is 10.5. The number of aliphatic hydroxyl groups is 1. The van der Waals surface area contributed by atoms with Crippen molar-refractivity contribution >= 4 is 0 Å². The second kappa shape index (κ2) is 6.38. The van der Waals surface area contributed by atoms with Crippen LogP contribution in [-0.4, -0.2) is 32.5 Å². The highest BCUT2D eigenvalue weighted by atomic mass is 16.5. The molecule has 122 valence electrons. The smallest absolute Gasteiger partial charge is 0.150 e. The van der Waals surface area contributed by atoms with Gasteiger partial charge in [0.25, 0.3) is 0 Å². The molecule has 1 N–H and O–H groups in total. The van der Waals surface area contributed by atoms with Crippen molar-refractivity contribution in [1.82, 2.24) is 0 Å². The zero-order valence-corrected chi connectivity index (χ0v) is 13.4. The molecule has 2 atom stereocenters. The minimum atomic E-state index is -0.670. The molecule has 0 aromatic heterocycles. The average Bonchev–Trinajstić information content (AvgIpc) is 2.60. The Morgan fingerprint density at radius 1 is 1.00 bits per heavy atom. The molecule has 23 heavy (non-hydrogen) atoms. The van der Waals surface area contributed by atoms with Crippen LogP contribution in [0.1, 0.15) is 17.2 Å². The SMILES string of the molecule is COc1cccc([C@H]2Oc3cc(OC)cc(OC)c3C[C@@H]2O)c1. The number of hydrogen-bond donors (Lipinski definition) is 1. The minimum absolute atomic E-state index is 0.449. The van der Waals surface area contributed by atoms with E-state index >= 15 is 0 Å². The Morgan fingerprint density at radius 3 is 2.48 bits per heavy atom. The third-order valence-corrected chi connectivity index (χ3v) is 4.04. The molecular weight excluding hydrogens is 296 g/mol. The summed E-state index contributed by atoms with van der Waals surface area (Å²) < 4.78 is 22.0. The first-order valence-corrected chi connectivity index (χ1v) is 7.40. The van der Waals surface area contributed by atoms with Crippen molar-refractivity contribution in [3.8, 4) is 23.0 Å². The number of aliphatic hydroxyl groups excluding tert-OH is 1. The van der Waals surface area contributed by atoms with Crippen LogP contribution in [0.5, 0.6) is 23.0 Å². The van der Waals surface area contributed by atoms with E-state index < -0.39 is 12.2 Å². The van der Waals surface area contributed by atoms with Crippen LogP contribution in [0.25, 0.3) is 0 Å². The van der Waals surface area contributed by atoms with Gasteiger partial charge in [-0.25, -0.2) is 0 Å². The highest BCUT2D eigenvalue weighted by Gasteiger charge is 2.32. The lowest BCUT2D eigenvalue weighted by molar-refractivity contribution is 0.0197. The average molecular weight is 316 g/mol. The second-order valence-electron chi connectivity index (χ2n) is 5.39. The van der Waals surface area contributed by atoms with Gasteiger partial charge in [-0.05, 0) is 17.7 Å². The van der Waals surface area contributed by atoms with Crippen LogP contribution in [0.4, 0.5) is 0 Å². The summed E-state index contributed by atoms with van der Waals surface area (Å²) in [7, 11) is 4.80. The van der Waals surface area contributed by atoms with Crippen molar-refractivity contribution in [2.24, 2.45) is 0 Å². The summed E-state index contributed by atoms with van der Waals surface area (Å²) in [5.41, 5.74) is 1.71. The fourth-order valence-corrected chi connectivity index (χ4v) is 2.84. The van der Waals surface area contributed by atoms with Crippen LogP contribution < -0.4 is 18.9 Å². The highest BCUT2D eigenvalue weighted by Crippen LogP contribution is 2.42. The van der Waals surface area contributed by atoms with Gasteiger partial charge >= 0.3 is 0 Å². The lowest BCUT2D eigenvalue weighted by atomic mass is 9.94. The van der Waals surface area contributed by atoms with Crippen molar-refractivity contribution in [3.63, 3.8) is 0 Å². The number of hydrogen-bond acceptors (Lipinski definition) is 5. The molecule has 0 saturated carbocycles. The molecule has 5 nitrogen and oxygen atoms in total. The quantitative estimate of drug-likeness (QED) is 0.940. The van der Waals surface area contributed by atoms with Crippen LogP contribution in [0.15, 0.2) is 36.4 Å². The van der Waals surface area contributed by atoms with Crippen LogP contribution in [-0.2, 0) is 6.42 Å². The first kappa shape index (κ1) is 15.5. The molecule has 1 heterocycles. The van der Waals surface area contributed by atoms with Gasteiger partial charge in [-0.3, -0.25) is 0 Å². The second-order valence-corrected chi connectivity index (χ2v) is 5.39. The van der Waals surface area contributed by atoms with E-state index in [1.54, 1.807) is 27.4 Å². The van der Waals surface area contributed by atoms with Gasteiger partial charge in [0.05, 0.1) is 27.4 Å². The Hall–Kier alpha value is -2.40. The molecule has 0 amide bonds. The summed E-state index contributed by atoms with van der Waals surface area (Å²) in [6.45, 7) is 0. The molecule has 0 saturated heterocycles. The van der Waals surface area contributed by atoms with Crippen molar-refractivity contribution in [3.05, 3.63) is 47.5 Å². The Bertz CT molecular complexity index is 698. The van der Waals surface area contributed by atoms with E-state index in [2.05, 4.69) is 0 Å². The normalized spacial score (nSPS) is 19.5. The topological polar surface area (TPSA) is 57.2 Å². The van der Waals surface area contributed by atoms with Gasteiger partial charge in [0.15, 0.2) is 0 Å². The van der Waals surface area contributed by atoms with Crippen LogP contribution >= 0.6 is 0 Å². The van der Waals surface area contributed by atoms with E-state index in [0.29, 0.717) is 23.7 Å². The Morgan fingerprint density at radius 2 is 1.78 bits per heavy atom. The monoisotopic (exact) mass is 316 g/mol. The van der Waals surface area contributed by atoms with Gasteiger partial charge in [0.2, 0.25) is 0 Å². The lowest BCUT2D eigenvalue weighted by Gasteiger charge is -2.32. The molecule has 1 aliphatic rings. The summed E-state index contributed by atoms with van der Waals surface area (Å²) in [6, 6.07) is 11.1. The van der Waals surface area contributed by atoms with Gasteiger partial charge in [-0.15, -0.1) is 0 Å². The molecule has 0 aliphatic carbocycles. The van der Waals surface area contributed by atoms with E-state index in [9.17, 15) is 5.11 Å². The van der Waals surface area contributed by atoms with E-state index in [-0.39, 0.29) is 0 Å². The van der Waals surface area contributed by atoms with Gasteiger partial charge in [-0.2, -0.15) is 0 Å². The molecule has 0 unspecified atom stereocenters. The summed E-state index contributed by atoms with van der Waals surface area (Å²) >= 11 is 0. The molecule has 0 bridgehead atoms. The predicted molar refractivity (Wildman–Crippen MR) is 85.6 cm³/mol. The molecule has 0 radical (unpaired) electrons. The Kier molecular flexibility index (Phi) is 4.30. The van der Waals surface area contributed by atoms with Gasteiger partial charge in [0.1, 0.15) is 29.1 Å². The molecule has 0 spiro atoms. The van der Waals surface area contributed by atoms with E-state index in [4.69, 9.17) is 18.9 Å². The number of benzene rings is 2. The van der Waals surface area contributed by atoms with Gasteiger partial charge in [-0.1, -0.05) is 12.1 Å². The highest BCUT2D eigenvalue weighted by molar-refractivity contribution is 5.52. The van der Waals surface area contributed by atoms with E-state index in [0.717, 1.165) is 16.9 Å².